The van der Waals surface area contributed by atoms with Crippen LogP contribution in [0.5, 0.6) is 0 Å². The maximum absolute atomic E-state index is 11.3. The molecule has 0 amide bonds. The molecule has 2 rings (SSSR count). The lowest BCUT2D eigenvalue weighted by Crippen LogP contribution is -2.50. The molecule has 1 atom stereocenters. The predicted molar refractivity (Wildman–Crippen MR) is 62.2 cm³/mol. The molecule has 3 heteroatoms. The lowest BCUT2D eigenvalue weighted by Gasteiger charge is -2.42. The zero-order chi connectivity index (χ0) is 11.5. The van der Waals surface area contributed by atoms with E-state index < -0.39 is 12.0 Å². The van der Waals surface area contributed by atoms with E-state index in [1.807, 2.05) is 35.2 Å². The van der Waals surface area contributed by atoms with Crippen molar-refractivity contribution >= 4 is 5.97 Å². The number of likely N-dealkylation sites (tertiary alicyclic amines) is 1. The van der Waals surface area contributed by atoms with Gasteiger partial charge in [-0.2, -0.15) is 0 Å². The predicted octanol–water partition coefficient (Wildman–Crippen LogP) is 2.15. The van der Waals surface area contributed by atoms with Crippen molar-refractivity contribution < 1.29 is 9.90 Å². The van der Waals surface area contributed by atoms with Gasteiger partial charge >= 0.3 is 5.97 Å². The third-order valence-electron chi connectivity index (χ3n) is 3.28. The van der Waals surface area contributed by atoms with Crippen molar-refractivity contribution in [1.29, 1.82) is 0 Å². The van der Waals surface area contributed by atoms with Crippen molar-refractivity contribution in [3.63, 3.8) is 0 Å². The van der Waals surface area contributed by atoms with Gasteiger partial charge in [0.2, 0.25) is 0 Å². The van der Waals surface area contributed by atoms with E-state index in [2.05, 4.69) is 6.92 Å². The summed E-state index contributed by atoms with van der Waals surface area (Å²) < 4.78 is 0. The number of carboxylic acid groups (broad SMARTS) is 1. The largest absolute Gasteiger partial charge is 0.480 e. The van der Waals surface area contributed by atoms with Crippen LogP contribution in [-0.4, -0.2) is 29.1 Å². The highest BCUT2D eigenvalue weighted by Crippen LogP contribution is 2.30. The van der Waals surface area contributed by atoms with E-state index in [4.69, 9.17) is 0 Å². The summed E-state index contributed by atoms with van der Waals surface area (Å²) >= 11 is 0. The minimum atomic E-state index is -0.749. The fourth-order valence-corrected chi connectivity index (χ4v) is 2.22. The Kier molecular flexibility index (Phi) is 3.25. The van der Waals surface area contributed by atoms with Crippen LogP contribution < -0.4 is 0 Å². The van der Waals surface area contributed by atoms with Gasteiger partial charge in [0.15, 0.2) is 0 Å². The highest BCUT2D eigenvalue weighted by atomic mass is 16.4. The molecule has 1 saturated heterocycles. The van der Waals surface area contributed by atoms with Gasteiger partial charge in [0.25, 0.3) is 0 Å². The van der Waals surface area contributed by atoms with E-state index in [0.29, 0.717) is 5.92 Å². The fraction of sp³-hybridized carbons (Fsp3) is 0.462. The van der Waals surface area contributed by atoms with Crippen LogP contribution in [0, 0.1) is 5.92 Å². The maximum atomic E-state index is 11.3. The van der Waals surface area contributed by atoms with Crippen molar-refractivity contribution in [2.45, 2.75) is 19.4 Å². The van der Waals surface area contributed by atoms with Gasteiger partial charge in [-0.3, -0.25) is 9.69 Å². The normalized spacial score (nSPS) is 19.1. The molecule has 86 valence electrons. The number of benzene rings is 1. The van der Waals surface area contributed by atoms with Crippen molar-refractivity contribution in [2.24, 2.45) is 5.92 Å². The smallest absolute Gasteiger partial charge is 0.325 e. The summed E-state index contributed by atoms with van der Waals surface area (Å²) in [6.45, 7) is 3.96. The molecule has 1 aliphatic heterocycles. The molecule has 0 aromatic heterocycles. The van der Waals surface area contributed by atoms with Crippen LogP contribution >= 0.6 is 0 Å². The van der Waals surface area contributed by atoms with Gasteiger partial charge in [-0.15, -0.1) is 0 Å². The molecule has 1 aromatic rings. The molecule has 1 heterocycles. The van der Waals surface area contributed by atoms with Crippen LogP contribution in [0.3, 0.4) is 0 Å². The number of carbonyl (C=O) groups is 1. The number of carboxylic acids is 1. The van der Waals surface area contributed by atoms with Gasteiger partial charge in [-0.1, -0.05) is 43.7 Å². The van der Waals surface area contributed by atoms with Crippen molar-refractivity contribution in [3.8, 4) is 0 Å². The van der Waals surface area contributed by atoms with Gasteiger partial charge in [-0.05, 0) is 11.5 Å². The van der Waals surface area contributed by atoms with Crippen LogP contribution in [0.25, 0.3) is 0 Å². The molecule has 0 bridgehead atoms. The fourth-order valence-electron chi connectivity index (χ4n) is 2.22. The second kappa shape index (κ2) is 4.66. The molecule has 0 spiro atoms. The van der Waals surface area contributed by atoms with Gasteiger partial charge < -0.3 is 5.11 Å². The average Bonchev–Trinajstić information content (AvgIpc) is 2.23. The van der Waals surface area contributed by atoms with Crippen LogP contribution in [0.15, 0.2) is 30.3 Å². The van der Waals surface area contributed by atoms with Crippen molar-refractivity contribution in [1.82, 2.24) is 4.90 Å². The zero-order valence-corrected chi connectivity index (χ0v) is 9.47. The number of nitrogens with zero attached hydrogens (tertiary/aromatic N) is 1. The first-order valence-corrected chi connectivity index (χ1v) is 5.74. The van der Waals surface area contributed by atoms with Crippen molar-refractivity contribution in [3.05, 3.63) is 35.9 Å². The first-order chi connectivity index (χ1) is 7.72. The Morgan fingerprint density at radius 2 is 2.06 bits per heavy atom. The molecule has 0 saturated carbocycles. The van der Waals surface area contributed by atoms with Crippen LogP contribution in [-0.2, 0) is 4.79 Å². The quantitative estimate of drug-likeness (QED) is 0.843. The zero-order valence-electron chi connectivity index (χ0n) is 9.47. The van der Waals surface area contributed by atoms with Crippen LogP contribution in [0.1, 0.15) is 24.9 Å². The van der Waals surface area contributed by atoms with Crippen LogP contribution in [0.4, 0.5) is 0 Å². The first kappa shape index (κ1) is 11.1. The molecule has 1 aromatic carbocycles. The van der Waals surface area contributed by atoms with Gasteiger partial charge in [0, 0.05) is 13.1 Å². The van der Waals surface area contributed by atoms with Gasteiger partial charge in [0.1, 0.15) is 6.04 Å². The lowest BCUT2D eigenvalue weighted by atomic mass is 9.92. The first-order valence-electron chi connectivity index (χ1n) is 5.74. The van der Waals surface area contributed by atoms with E-state index in [-0.39, 0.29) is 0 Å². The molecular weight excluding hydrogens is 202 g/mol. The van der Waals surface area contributed by atoms with E-state index in [0.717, 1.165) is 25.1 Å². The lowest BCUT2D eigenvalue weighted by molar-refractivity contribution is -0.146. The minimum absolute atomic E-state index is 0.469. The number of rotatable bonds is 4. The van der Waals surface area contributed by atoms with Gasteiger partial charge in [0.05, 0.1) is 0 Å². The summed E-state index contributed by atoms with van der Waals surface area (Å²) in [4.78, 5) is 13.3. The molecule has 1 aliphatic rings. The molecule has 1 unspecified atom stereocenters. The van der Waals surface area contributed by atoms with Crippen molar-refractivity contribution in [2.75, 3.05) is 13.1 Å². The summed E-state index contributed by atoms with van der Waals surface area (Å²) in [5.74, 6) is -0.0775. The summed E-state index contributed by atoms with van der Waals surface area (Å²) in [7, 11) is 0. The van der Waals surface area contributed by atoms with E-state index in [1.54, 1.807) is 0 Å². The third-order valence-corrected chi connectivity index (χ3v) is 3.28. The molecule has 0 radical (unpaired) electrons. The Morgan fingerprint density at radius 3 is 2.56 bits per heavy atom. The Hall–Kier alpha value is -1.35. The van der Waals surface area contributed by atoms with Crippen LogP contribution in [0.2, 0.25) is 0 Å². The molecule has 16 heavy (non-hydrogen) atoms. The monoisotopic (exact) mass is 219 g/mol. The van der Waals surface area contributed by atoms with E-state index in [9.17, 15) is 9.90 Å². The van der Waals surface area contributed by atoms with E-state index in [1.165, 1.54) is 0 Å². The summed E-state index contributed by atoms with van der Waals surface area (Å²) in [5.41, 5.74) is 0.879. The second-order valence-corrected chi connectivity index (χ2v) is 4.38. The Balaban J connectivity index is 2.11. The Bertz CT molecular complexity index is 357. The maximum Gasteiger partial charge on any atom is 0.325 e. The topological polar surface area (TPSA) is 40.5 Å². The Labute approximate surface area is 95.7 Å². The number of hydrogen-bond acceptors (Lipinski definition) is 2. The van der Waals surface area contributed by atoms with Gasteiger partial charge in [-0.25, -0.2) is 0 Å². The summed E-state index contributed by atoms with van der Waals surface area (Å²) in [6, 6.07) is 9.00. The summed E-state index contributed by atoms with van der Waals surface area (Å²) in [5, 5.41) is 9.28. The number of hydrogen-bond donors (Lipinski definition) is 1. The number of aliphatic carboxylic acids is 1. The molecule has 3 nitrogen and oxygen atoms in total. The molecule has 0 aliphatic carbocycles. The molecular formula is C13H17NO2. The average molecular weight is 219 g/mol. The van der Waals surface area contributed by atoms with E-state index >= 15 is 0 Å². The summed E-state index contributed by atoms with van der Waals surface area (Å²) in [6.07, 6.45) is 1.14. The third kappa shape index (κ3) is 2.09. The Morgan fingerprint density at radius 1 is 1.44 bits per heavy atom. The SMILES string of the molecule is CCC1CN(C(C(=O)O)c2ccccc2)C1. The minimum Gasteiger partial charge on any atom is -0.480 e. The molecule has 1 N–H and O–H groups in total. The molecule has 1 fully saturated rings. The standard InChI is InChI=1S/C13H17NO2/c1-2-10-8-14(9-10)12(13(15)16)11-6-4-3-5-7-11/h3-7,10,12H,2,8-9H2,1H3,(H,15,16). The highest BCUT2D eigenvalue weighted by Gasteiger charge is 2.35. The second-order valence-electron chi connectivity index (χ2n) is 4.38. The highest BCUT2D eigenvalue weighted by molar-refractivity contribution is 5.75.